The first-order valence-electron chi connectivity index (χ1n) is 6.06. The van der Waals surface area contributed by atoms with Crippen LogP contribution < -0.4 is 20.5 Å². The lowest BCUT2D eigenvalue weighted by Crippen LogP contribution is -2.53. The Balaban J connectivity index is 2.05. The molecule has 2 rings (SSSR count). The number of hydrogen-bond donors (Lipinski definition) is 2. The van der Waals surface area contributed by atoms with Gasteiger partial charge in [0.25, 0.3) is 0 Å². The monoisotopic (exact) mass is 282 g/mol. The van der Waals surface area contributed by atoms with Crippen molar-refractivity contribution in [1.82, 2.24) is 5.32 Å². The number of likely N-dealkylation sites (N-methyl/N-ethyl adjacent to an activating group) is 1. The molecular weight excluding hydrogens is 264 g/mol. The molecule has 104 valence electrons. The fourth-order valence-electron chi connectivity index (χ4n) is 1.61. The molecule has 0 saturated carbocycles. The largest absolute Gasteiger partial charge is 0.486 e. The number of fused-ring (bicyclic) bond motifs is 1. The first kappa shape index (κ1) is 14.0. The minimum Gasteiger partial charge on any atom is -0.486 e. The molecule has 0 aliphatic carbocycles. The molecule has 1 amide bonds. The second-order valence-electron chi connectivity index (χ2n) is 4.54. The highest BCUT2D eigenvalue weighted by molar-refractivity contribution is 7.99. The van der Waals surface area contributed by atoms with Crippen LogP contribution in [0.1, 0.15) is 6.92 Å². The van der Waals surface area contributed by atoms with Gasteiger partial charge in [0.05, 0.1) is 0 Å². The SMILES string of the molecule is CNC(C)(CSc1ccc2c(c1)OCCO2)C(N)=O. The minimum atomic E-state index is -0.724. The molecule has 1 heterocycles. The number of primary amides is 1. The fourth-order valence-corrected chi connectivity index (χ4v) is 2.70. The number of hydrogen-bond acceptors (Lipinski definition) is 5. The molecule has 1 unspecified atom stereocenters. The van der Waals surface area contributed by atoms with Crippen molar-refractivity contribution in [3.63, 3.8) is 0 Å². The quantitative estimate of drug-likeness (QED) is 0.789. The molecule has 0 radical (unpaired) electrons. The summed E-state index contributed by atoms with van der Waals surface area (Å²) in [6, 6.07) is 5.77. The summed E-state index contributed by atoms with van der Waals surface area (Å²) >= 11 is 1.55. The zero-order chi connectivity index (χ0) is 13.9. The van der Waals surface area contributed by atoms with Crippen molar-refractivity contribution in [1.29, 1.82) is 0 Å². The number of thioether (sulfide) groups is 1. The Labute approximate surface area is 116 Å². The van der Waals surface area contributed by atoms with E-state index in [0.717, 1.165) is 16.4 Å². The number of amides is 1. The van der Waals surface area contributed by atoms with Crippen LogP contribution in [0.3, 0.4) is 0 Å². The van der Waals surface area contributed by atoms with Crippen LogP contribution in [-0.4, -0.2) is 37.5 Å². The molecule has 3 N–H and O–H groups in total. The number of ether oxygens (including phenoxy) is 2. The van der Waals surface area contributed by atoms with Gasteiger partial charge in [0.2, 0.25) is 5.91 Å². The Morgan fingerprint density at radius 3 is 2.74 bits per heavy atom. The van der Waals surface area contributed by atoms with Crippen LogP contribution in [0.25, 0.3) is 0 Å². The average molecular weight is 282 g/mol. The van der Waals surface area contributed by atoms with Gasteiger partial charge in [0.1, 0.15) is 18.8 Å². The third-order valence-electron chi connectivity index (χ3n) is 3.14. The molecule has 1 aromatic rings. The number of nitrogens with two attached hydrogens (primary N) is 1. The predicted octanol–water partition coefficient (Wildman–Crippen LogP) is 1.01. The van der Waals surface area contributed by atoms with E-state index < -0.39 is 5.54 Å². The minimum absolute atomic E-state index is 0.361. The first-order chi connectivity index (χ1) is 9.05. The summed E-state index contributed by atoms with van der Waals surface area (Å²) in [4.78, 5) is 12.4. The topological polar surface area (TPSA) is 73.6 Å². The zero-order valence-corrected chi connectivity index (χ0v) is 11.9. The molecule has 5 nitrogen and oxygen atoms in total. The lowest BCUT2D eigenvalue weighted by atomic mass is 10.1. The zero-order valence-electron chi connectivity index (χ0n) is 11.1. The van der Waals surface area contributed by atoms with E-state index in [-0.39, 0.29) is 5.91 Å². The molecule has 19 heavy (non-hydrogen) atoms. The normalized spacial score (nSPS) is 16.7. The standard InChI is InChI=1S/C13H18N2O3S/c1-13(15-2,12(14)16)8-19-9-3-4-10-11(7-9)18-6-5-17-10/h3-4,7,15H,5-6,8H2,1-2H3,(H2,14,16). The number of rotatable bonds is 5. The highest BCUT2D eigenvalue weighted by atomic mass is 32.2. The van der Waals surface area contributed by atoms with Gasteiger partial charge in [-0.15, -0.1) is 11.8 Å². The van der Waals surface area contributed by atoms with E-state index in [0.29, 0.717) is 19.0 Å². The second-order valence-corrected chi connectivity index (χ2v) is 5.59. The smallest absolute Gasteiger partial charge is 0.238 e. The van der Waals surface area contributed by atoms with Crippen LogP contribution >= 0.6 is 11.8 Å². The van der Waals surface area contributed by atoms with Crippen molar-refractivity contribution in [2.75, 3.05) is 26.0 Å². The fraction of sp³-hybridized carbons (Fsp3) is 0.462. The van der Waals surface area contributed by atoms with Crippen LogP contribution in [0.4, 0.5) is 0 Å². The second kappa shape index (κ2) is 5.71. The van der Waals surface area contributed by atoms with Crippen LogP contribution in [0.15, 0.2) is 23.1 Å². The van der Waals surface area contributed by atoms with Gasteiger partial charge in [-0.1, -0.05) is 0 Å². The molecule has 0 fully saturated rings. The van der Waals surface area contributed by atoms with E-state index in [9.17, 15) is 4.79 Å². The summed E-state index contributed by atoms with van der Waals surface area (Å²) in [7, 11) is 1.73. The van der Waals surface area contributed by atoms with E-state index >= 15 is 0 Å². The van der Waals surface area contributed by atoms with Gasteiger partial charge in [-0.3, -0.25) is 4.79 Å². The molecule has 1 atom stereocenters. The maximum absolute atomic E-state index is 11.4. The maximum atomic E-state index is 11.4. The number of carbonyl (C=O) groups is 1. The van der Waals surface area contributed by atoms with Gasteiger partial charge in [0.15, 0.2) is 11.5 Å². The van der Waals surface area contributed by atoms with Crippen LogP contribution in [0, 0.1) is 0 Å². The highest BCUT2D eigenvalue weighted by Crippen LogP contribution is 2.34. The Bertz CT molecular complexity index is 481. The summed E-state index contributed by atoms with van der Waals surface area (Å²) in [5, 5.41) is 2.96. The van der Waals surface area contributed by atoms with Crippen molar-refractivity contribution < 1.29 is 14.3 Å². The van der Waals surface area contributed by atoms with Gasteiger partial charge >= 0.3 is 0 Å². The Morgan fingerprint density at radius 1 is 1.42 bits per heavy atom. The van der Waals surface area contributed by atoms with Gasteiger partial charge < -0.3 is 20.5 Å². The molecule has 1 aliphatic heterocycles. The van der Waals surface area contributed by atoms with Crippen molar-refractivity contribution in [3.05, 3.63) is 18.2 Å². The Kier molecular flexibility index (Phi) is 4.21. The molecule has 0 saturated heterocycles. The summed E-state index contributed by atoms with van der Waals surface area (Å²) < 4.78 is 11.0. The Hall–Kier alpha value is -1.40. The first-order valence-corrected chi connectivity index (χ1v) is 7.05. The summed E-state index contributed by atoms with van der Waals surface area (Å²) in [6.45, 7) is 2.94. The summed E-state index contributed by atoms with van der Waals surface area (Å²) in [6.07, 6.45) is 0. The van der Waals surface area contributed by atoms with E-state index in [4.69, 9.17) is 15.2 Å². The van der Waals surface area contributed by atoms with E-state index in [1.54, 1.807) is 25.7 Å². The predicted molar refractivity (Wildman–Crippen MR) is 74.8 cm³/mol. The van der Waals surface area contributed by atoms with Crippen molar-refractivity contribution in [3.8, 4) is 11.5 Å². The van der Waals surface area contributed by atoms with Gasteiger partial charge in [0, 0.05) is 10.6 Å². The average Bonchev–Trinajstić information content (AvgIpc) is 2.44. The molecule has 0 spiro atoms. The number of benzene rings is 1. The lowest BCUT2D eigenvalue weighted by Gasteiger charge is -2.25. The van der Waals surface area contributed by atoms with E-state index in [2.05, 4.69) is 5.32 Å². The van der Waals surface area contributed by atoms with Crippen LogP contribution in [0.2, 0.25) is 0 Å². The molecule has 6 heteroatoms. The van der Waals surface area contributed by atoms with Crippen molar-refractivity contribution in [2.24, 2.45) is 5.73 Å². The maximum Gasteiger partial charge on any atom is 0.238 e. The molecular formula is C13H18N2O3S. The Morgan fingerprint density at radius 2 is 2.11 bits per heavy atom. The molecule has 1 aliphatic rings. The number of nitrogens with one attached hydrogen (secondary N) is 1. The third kappa shape index (κ3) is 3.13. The van der Waals surface area contributed by atoms with E-state index in [1.165, 1.54) is 0 Å². The molecule has 0 aromatic heterocycles. The third-order valence-corrected chi connectivity index (χ3v) is 4.45. The lowest BCUT2D eigenvalue weighted by molar-refractivity contribution is -0.122. The summed E-state index contributed by atoms with van der Waals surface area (Å²) in [5.74, 6) is 1.71. The van der Waals surface area contributed by atoms with Crippen LogP contribution in [0.5, 0.6) is 11.5 Å². The summed E-state index contributed by atoms with van der Waals surface area (Å²) in [5.41, 5.74) is 4.67. The molecule has 1 aromatic carbocycles. The van der Waals surface area contributed by atoms with Gasteiger partial charge in [-0.2, -0.15) is 0 Å². The van der Waals surface area contributed by atoms with E-state index in [1.807, 2.05) is 18.2 Å². The molecule has 0 bridgehead atoms. The highest BCUT2D eigenvalue weighted by Gasteiger charge is 2.29. The van der Waals surface area contributed by atoms with Gasteiger partial charge in [-0.25, -0.2) is 0 Å². The van der Waals surface area contributed by atoms with Crippen molar-refractivity contribution in [2.45, 2.75) is 17.4 Å². The number of carbonyl (C=O) groups excluding carboxylic acids is 1. The van der Waals surface area contributed by atoms with Gasteiger partial charge in [-0.05, 0) is 32.2 Å². The van der Waals surface area contributed by atoms with Crippen molar-refractivity contribution >= 4 is 17.7 Å². The van der Waals surface area contributed by atoms with Crippen LogP contribution in [-0.2, 0) is 4.79 Å².